The maximum absolute atomic E-state index is 5.89. The summed E-state index contributed by atoms with van der Waals surface area (Å²) in [5, 5.41) is 0. The molecule has 1 aromatic rings. The second-order valence-corrected chi connectivity index (χ2v) is 7.46. The Morgan fingerprint density at radius 1 is 0.947 bits per heavy atom. The molecule has 0 atom stereocenters. The van der Waals surface area contributed by atoms with Gasteiger partial charge in [0.05, 0.1) is 6.61 Å². The molecule has 0 saturated carbocycles. The number of benzene rings is 1. The monoisotopic (exact) mass is 262 g/mol. The number of rotatable bonds is 3. The Morgan fingerprint density at radius 2 is 1.53 bits per heavy atom. The Labute approximate surface area is 119 Å². The lowest BCUT2D eigenvalue weighted by atomic mass is 9.73. The van der Waals surface area contributed by atoms with Crippen molar-refractivity contribution in [3.8, 4) is 5.75 Å². The molecule has 1 rings (SSSR count). The molecule has 0 amide bonds. The van der Waals surface area contributed by atoms with Gasteiger partial charge in [0.15, 0.2) is 0 Å². The van der Waals surface area contributed by atoms with E-state index in [1.807, 2.05) is 0 Å². The molecular weight excluding hydrogens is 232 g/mol. The normalized spacial score (nSPS) is 12.6. The van der Waals surface area contributed by atoms with E-state index in [9.17, 15) is 0 Å². The number of hydrogen-bond acceptors (Lipinski definition) is 1. The predicted octanol–water partition coefficient (Wildman–Crippen LogP) is 5.38. The minimum absolute atomic E-state index is 0.137. The molecule has 1 aromatic carbocycles. The van der Waals surface area contributed by atoms with Crippen LogP contribution in [0.15, 0.2) is 12.1 Å². The molecule has 0 fully saturated rings. The van der Waals surface area contributed by atoms with E-state index in [-0.39, 0.29) is 10.8 Å². The van der Waals surface area contributed by atoms with Crippen molar-refractivity contribution in [3.05, 3.63) is 28.8 Å². The van der Waals surface area contributed by atoms with Crippen LogP contribution in [-0.4, -0.2) is 6.61 Å². The summed E-state index contributed by atoms with van der Waals surface area (Å²) in [7, 11) is 0. The second-order valence-electron chi connectivity index (χ2n) is 7.46. The van der Waals surface area contributed by atoms with Crippen LogP contribution in [0.1, 0.15) is 71.6 Å². The molecule has 0 radical (unpaired) electrons. The molecule has 0 heterocycles. The van der Waals surface area contributed by atoms with Crippen LogP contribution in [0.3, 0.4) is 0 Å². The van der Waals surface area contributed by atoms with Gasteiger partial charge >= 0.3 is 0 Å². The van der Waals surface area contributed by atoms with Crippen molar-refractivity contribution in [1.29, 1.82) is 0 Å². The lowest BCUT2D eigenvalue weighted by Gasteiger charge is -2.32. The van der Waals surface area contributed by atoms with Gasteiger partial charge in [-0.3, -0.25) is 0 Å². The van der Waals surface area contributed by atoms with Crippen molar-refractivity contribution in [2.75, 3.05) is 6.61 Å². The Balaban J connectivity index is 3.42. The van der Waals surface area contributed by atoms with Crippen molar-refractivity contribution in [2.45, 2.75) is 72.6 Å². The molecule has 0 aliphatic carbocycles. The molecule has 0 aliphatic heterocycles. The molecule has 1 heteroatoms. The van der Waals surface area contributed by atoms with Crippen LogP contribution in [0.5, 0.6) is 5.75 Å². The quantitative estimate of drug-likeness (QED) is 0.710. The smallest absolute Gasteiger partial charge is 0.122 e. The highest BCUT2D eigenvalue weighted by Gasteiger charge is 2.28. The van der Waals surface area contributed by atoms with E-state index in [0.29, 0.717) is 0 Å². The van der Waals surface area contributed by atoms with Crippen LogP contribution in [0.2, 0.25) is 0 Å². The highest BCUT2D eigenvalue weighted by molar-refractivity contribution is 5.50. The minimum Gasteiger partial charge on any atom is -0.493 e. The lowest BCUT2D eigenvalue weighted by molar-refractivity contribution is 0.313. The fraction of sp³-hybridized carbons (Fsp3) is 0.667. The molecular formula is C18H30O. The summed E-state index contributed by atoms with van der Waals surface area (Å²) >= 11 is 0. The van der Waals surface area contributed by atoms with Crippen LogP contribution in [0.4, 0.5) is 0 Å². The molecule has 0 bridgehead atoms. The van der Waals surface area contributed by atoms with Gasteiger partial charge in [0.2, 0.25) is 0 Å². The fourth-order valence-corrected chi connectivity index (χ4v) is 2.65. The van der Waals surface area contributed by atoms with Gasteiger partial charge in [-0.25, -0.2) is 0 Å². The van der Waals surface area contributed by atoms with E-state index in [1.165, 1.54) is 16.7 Å². The average molecular weight is 262 g/mol. The van der Waals surface area contributed by atoms with E-state index in [1.54, 1.807) is 0 Å². The number of ether oxygens (including phenoxy) is 1. The zero-order valence-electron chi connectivity index (χ0n) is 14.0. The van der Waals surface area contributed by atoms with E-state index >= 15 is 0 Å². The largest absolute Gasteiger partial charge is 0.493 e. The summed E-state index contributed by atoms with van der Waals surface area (Å²) in [6.45, 7) is 18.8. The maximum Gasteiger partial charge on any atom is 0.122 e. The van der Waals surface area contributed by atoms with Crippen molar-refractivity contribution >= 4 is 0 Å². The van der Waals surface area contributed by atoms with E-state index in [2.05, 4.69) is 67.5 Å². The van der Waals surface area contributed by atoms with Gasteiger partial charge < -0.3 is 4.74 Å². The number of hydrogen-bond donors (Lipinski definition) is 0. The van der Waals surface area contributed by atoms with Crippen LogP contribution in [0, 0.1) is 6.92 Å². The van der Waals surface area contributed by atoms with Gasteiger partial charge in [0.1, 0.15) is 5.75 Å². The molecule has 19 heavy (non-hydrogen) atoms. The summed E-state index contributed by atoms with van der Waals surface area (Å²) in [5.74, 6) is 1.04. The van der Waals surface area contributed by atoms with E-state index in [4.69, 9.17) is 4.74 Å². The highest BCUT2D eigenvalue weighted by atomic mass is 16.5. The minimum atomic E-state index is 0.137. The van der Waals surface area contributed by atoms with Crippen molar-refractivity contribution in [1.82, 2.24) is 0 Å². The third kappa shape index (κ3) is 3.75. The summed E-state index contributed by atoms with van der Waals surface area (Å²) < 4.78 is 5.89. The predicted molar refractivity (Wildman–Crippen MR) is 84.4 cm³/mol. The molecule has 0 spiro atoms. The van der Waals surface area contributed by atoms with Crippen molar-refractivity contribution in [2.24, 2.45) is 0 Å². The maximum atomic E-state index is 5.89. The van der Waals surface area contributed by atoms with Gasteiger partial charge in [-0.15, -0.1) is 0 Å². The fourth-order valence-electron chi connectivity index (χ4n) is 2.65. The summed E-state index contributed by atoms with van der Waals surface area (Å²) in [4.78, 5) is 0. The van der Waals surface area contributed by atoms with Crippen LogP contribution >= 0.6 is 0 Å². The van der Waals surface area contributed by atoms with Crippen molar-refractivity contribution in [3.63, 3.8) is 0 Å². The first-order valence-electron chi connectivity index (χ1n) is 7.36. The first-order chi connectivity index (χ1) is 8.59. The van der Waals surface area contributed by atoms with Crippen LogP contribution in [0.25, 0.3) is 0 Å². The van der Waals surface area contributed by atoms with E-state index in [0.717, 1.165) is 18.8 Å². The van der Waals surface area contributed by atoms with Gasteiger partial charge in [-0.05, 0) is 46.9 Å². The molecule has 0 aliphatic rings. The second kappa shape index (κ2) is 5.56. The van der Waals surface area contributed by atoms with Gasteiger partial charge in [0, 0.05) is 0 Å². The summed E-state index contributed by atoms with van der Waals surface area (Å²) in [5.41, 5.74) is 4.47. The van der Waals surface area contributed by atoms with E-state index < -0.39 is 0 Å². The van der Waals surface area contributed by atoms with Crippen molar-refractivity contribution < 1.29 is 4.74 Å². The first-order valence-corrected chi connectivity index (χ1v) is 7.36. The molecule has 1 nitrogen and oxygen atoms in total. The third-order valence-electron chi connectivity index (χ3n) is 3.44. The van der Waals surface area contributed by atoms with Crippen LogP contribution < -0.4 is 4.74 Å². The topological polar surface area (TPSA) is 9.23 Å². The molecule has 0 N–H and O–H groups in total. The highest BCUT2D eigenvalue weighted by Crippen LogP contribution is 2.39. The average Bonchev–Trinajstić information content (AvgIpc) is 2.24. The molecule has 108 valence electrons. The Bertz CT molecular complexity index is 430. The van der Waals surface area contributed by atoms with Gasteiger partial charge in [-0.2, -0.15) is 0 Å². The lowest BCUT2D eigenvalue weighted by Crippen LogP contribution is -2.23. The summed E-state index contributed by atoms with van der Waals surface area (Å²) in [6.07, 6.45) is 1.05. The zero-order valence-corrected chi connectivity index (χ0v) is 14.0. The zero-order chi connectivity index (χ0) is 14.8. The van der Waals surface area contributed by atoms with Gasteiger partial charge in [-0.1, -0.05) is 54.5 Å². The first kappa shape index (κ1) is 16.1. The Morgan fingerprint density at radius 3 is 1.95 bits per heavy atom. The van der Waals surface area contributed by atoms with Gasteiger partial charge in [0.25, 0.3) is 0 Å². The van der Waals surface area contributed by atoms with Crippen LogP contribution in [-0.2, 0) is 10.8 Å². The standard InChI is InChI=1S/C18H30O/c1-9-12-19-15-11-10-14(17(3,4)5)16(13(15)2)18(6,7)8/h10-11H,9,12H2,1-8H3. The summed E-state index contributed by atoms with van der Waals surface area (Å²) in [6, 6.07) is 4.39. The Kier molecular flexibility index (Phi) is 4.71. The Hall–Kier alpha value is -0.980. The third-order valence-corrected chi connectivity index (χ3v) is 3.44. The SMILES string of the molecule is CCCOc1ccc(C(C)(C)C)c(C(C)(C)C)c1C. The molecule has 0 unspecified atom stereocenters. The molecule has 0 saturated heterocycles. The molecule has 0 aromatic heterocycles.